The molecule has 0 bridgehead atoms. The lowest BCUT2D eigenvalue weighted by Gasteiger charge is -2.17. The van der Waals surface area contributed by atoms with Gasteiger partial charge in [-0.1, -0.05) is 0 Å². The summed E-state index contributed by atoms with van der Waals surface area (Å²) in [5.41, 5.74) is 2.92. The monoisotopic (exact) mass is 217 g/mol. The maximum absolute atomic E-state index is 4.83. The van der Waals surface area contributed by atoms with Gasteiger partial charge in [-0.25, -0.2) is 0 Å². The molecule has 0 aromatic rings. The number of hydrogen-bond acceptors (Lipinski definition) is 4. The minimum absolute atomic E-state index is 0. The molecule has 1 aliphatic rings. The van der Waals surface area contributed by atoms with Gasteiger partial charge in [0, 0.05) is 19.1 Å². The van der Waals surface area contributed by atoms with Crippen LogP contribution in [0.25, 0.3) is 0 Å². The van der Waals surface area contributed by atoms with Gasteiger partial charge < -0.3 is 15.5 Å². The van der Waals surface area contributed by atoms with Gasteiger partial charge >= 0.3 is 0 Å². The lowest BCUT2D eigenvalue weighted by Crippen LogP contribution is -2.45. The van der Waals surface area contributed by atoms with Gasteiger partial charge in [-0.3, -0.25) is 0 Å². The summed E-state index contributed by atoms with van der Waals surface area (Å²) in [4.78, 5) is 4.83. The summed E-state index contributed by atoms with van der Waals surface area (Å²) in [6.07, 6.45) is 0. The average molecular weight is 218 g/mol. The second-order valence-corrected chi connectivity index (χ2v) is 2.48. The number of hydroxylamine groups is 1. The van der Waals surface area contributed by atoms with Gasteiger partial charge in [-0.2, -0.15) is 5.48 Å². The van der Waals surface area contributed by atoms with E-state index < -0.39 is 0 Å². The molecule has 0 saturated carbocycles. The Balaban J connectivity index is 0. The van der Waals surface area contributed by atoms with E-state index in [0.717, 1.165) is 13.1 Å². The fraction of sp³-hybridized carbons (Fsp3) is 1.00. The lowest BCUT2D eigenvalue weighted by molar-refractivity contribution is 0.0595. The van der Waals surface area contributed by atoms with Crippen molar-refractivity contribution in [3.05, 3.63) is 0 Å². The molecular weight excluding hydrogens is 201 g/mol. The number of rotatable bonds is 3. The number of likely N-dealkylation sites (N-methyl/N-ethyl adjacent to an activating group) is 1. The van der Waals surface area contributed by atoms with Crippen molar-refractivity contribution in [2.24, 2.45) is 0 Å². The van der Waals surface area contributed by atoms with Crippen LogP contribution in [0.1, 0.15) is 0 Å². The first-order valence-corrected chi connectivity index (χ1v) is 3.55. The molecule has 1 saturated heterocycles. The van der Waals surface area contributed by atoms with Crippen molar-refractivity contribution in [1.29, 1.82) is 0 Å². The third kappa shape index (κ3) is 3.89. The first kappa shape index (κ1) is 14.9. The maximum Gasteiger partial charge on any atom is 0.0611 e. The Hall–Kier alpha value is 0.420. The first-order chi connectivity index (χ1) is 4.88. The molecule has 1 aliphatic heterocycles. The van der Waals surface area contributed by atoms with Crippen LogP contribution in [0.4, 0.5) is 0 Å². The van der Waals surface area contributed by atoms with E-state index >= 15 is 0 Å². The summed E-state index contributed by atoms with van der Waals surface area (Å²) in [5.74, 6) is 0. The molecule has 0 spiro atoms. The fourth-order valence-corrected chi connectivity index (χ4v) is 1.26. The molecular formula is C6H17Cl2N3O. The van der Waals surface area contributed by atoms with Crippen LogP contribution >= 0.6 is 24.8 Å². The van der Waals surface area contributed by atoms with Gasteiger partial charge in [-0.05, 0) is 7.05 Å². The quantitative estimate of drug-likeness (QED) is 0.561. The topological polar surface area (TPSA) is 45.3 Å². The zero-order chi connectivity index (χ0) is 7.40. The highest BCUT2D eigenvalue weighted by Crippen LogP contribution is 1.97. The molecule has 1 heterocycles. The Bertz CT molecular complexity index is 107. The van der Waals surface area contributed by atoms with E-state index in [1.165, 1.54) is 0 Å². The van der Waals surface area contributed by atoms with Crippen LogP contribution < -0.4 is 16.1 Å². The minimum Gasteiger partial charge on any atom is -0.314 e. The van der Waals surface area contributed by atoms with Crippen molar-refractivity contribution in [2.75, 3.05) is 27.2 Å². The smallest absolute Gasteiger partial charge is 0.0611 e. The third-order valence-electron chi connectivity index (χ3n) is 1.85. The van der Waals surface area contributed by atoms with Gasteiger partial charge in [0.2, 0.25) is 0 Å². The largest absolute Gasteiger partial charge is 0.314 e. The summed E-state index contributed by atoms with van der Waals surface area (Å²) >= 11 is 0. The normalized spacial score (nSPS) is 27.5. The standard InChI is InChI=1S/C6H15N3O.2ClH/c1-7-5-3-8-4-6(5)9-10-2;;/h5-9H,3-4H2,1-2H3;2*1H. The number of halogens is 2. The lowest BCUT2D eigenvalue weighted by atomic mass is 10.2. The summed E-state index contributed by atoms with van der Waals surface area (Å²) in [6.45, 7) is 1.98. The SMILES string of the molecule is CNC1CNCC1NOC.Cl.Cl. The minimum atomic E-state index is 0. The molecule has 0 aliphatic carbocycles. The zero-order valence-corrected chi connectivity index (χ0v) is 8.93. The summed E-state index contributed by atoms with van der Waals surface area (Å²) in [5, 5.41) is 6.45. The molecule has 0 amide bonds. The summed E-state index contributed by atoms with van der Waals surface area (Å²) in [6, 6.07) is 0.884. The highest BCUT2D eigenvalue weighted by molar-refractivity contribution is 5.85. The van der Waals surface area contributed by atoms with Crippen molar-refractivity contribution in [1.82, 2.24) is 16.1 Å². The van der Waals surface area contributed by atoms with Crippen molar-refractivity contribution in [2.45, 2.75) is 12.1 Å². The maximum atomic E-state index is 4.83. The highest BCUT2D eigenvalue weighted by atomic mass is 35.5. The number of nitrogens with one attached hydrogen (secondary N) is 3. The van der Waals surface area contributed by atoms with Crippen molar-refractivity contribution < 1.29 is 4.84 Å². The Labute approximate surface area is 85.6 Å². The van der Waals surface area contributed by atoms with E-state index in [9.17, 15) is 0 Å². The Kier molecular flexibility index (Phi) is 9.99. The van der Waals surface area contributed by atoms with Crippen LogP contribution in [-0.2, 0) is 4.84 Å². The van der Waals surface area contributed by atoms with Gasteiger partial charge in [-0.15, -0.1) is 24.8 Å². The van der Waals surface area contributed by atoms with Gasteiger partial charge in [0.05, 0.1) is 13.2 Å². The second-order valence-electron chi connectivity index (χ2n) is 2.48. The molecule has 3 N–H and O–H groups in total. The molecule has 0 aromatic carbocycles. The van der Waals surface area contributed by atoms with Gasteiger partial charge in [0.1, 0.15) is 0 Å². The molecule has 12 heavy (non-hydrogen) atoms. The van der Waals surface area contributed by atoms with E-state index in [1.807, 2.05) is 7.05 Å². The molecule has 4 nitrogen and oxygen atoms in total. The van der Waals surface area contributed by atoms with Crippen LogP contribution in [0.5, 0.6) is 0 Å². The van der Waals surface area contributed by atoms with E-state index in [4.69, 9.17) is 4.84 Å². The predicted octanol–water partition coefficient (Wildman–Crippen LogP) is -0.459. The molecule has 0 radical (unpaired) electrons. The molecule has 0 aromatic heterocycles. The first-order valence-electron chi connectivity index (χ1n) is 3.55. The highest BCUT2D eigenvalue weighted by Gasteiger charge is 2.24. The van der Waals surface area contributed by atoms with Gasteiger partial charge in [0.15, 0.2) is 0 Å². The Morgan fingerprint density at radius 1 is 1.25 bits per heavy atom. The van der Waals surface area contributed by atoms with Crippen LogP contribution in [0.15, 0.2) is 0 Å². The van der Waals surface area contributed by atoms with Crippen LogP contribution in [0.2, 0.25) is 0 Å². The summed E-state index contributed by atoms with van der Waals surface area (Å²) in [7, 11) is 3.60. The summed E-state index contributed by atoms with van der Waals surface area (Å²) < 4.78 is 0. The zero-order valence-electron chi connectivity index (χ0n) is 7.29. The van der Waals surface area contributed by atoms with E-state index in [2.05, 4.69) is 16.1 Å². The van der Waals surface area contributed by atoms with Crippen molar-refractivity contribution in [3.63, 3.8) is 0 Å². The molecule has 2 unspecified atom stereocenters. The van der Waals surface area contributed by atoms with Crippen LogP contribution in [0.3, 0.4) is 0 Å². The van der Waals surface area contributed by atoms with E-state index in [-0.39, 0.29) is 24.8 Å². The molecule has 6 heteroatoms. The predicted molar refractivity (Wildman–Crippen MR) is 54.1 cm³/mol. The Morgan fingerprint density at radius 3 is 2.33 bits per heavy atom. The van der Waals surface area contributed by atoms with Crippen molar-refractivity contribution >= 4 is 24.8 Å². The molecule has 76 valence electrons. The van der Waals surface area contributed by atoms with E-state index in [1.54, 1.807) is 7.11 Å². The molecule has 2 atom stereocenters. The average Bonchev–Trinajstić information content (AvgIpc) is 2.36. The second kappa shape index (κ2) is 8.04. The van der Waals surface area contributed by atoms with Crippen LogP contribution in [-0.4, -0.2) is 39.3 Å². The van der Waals surface area contributed by atoms with Gasteiger partial charge in [0.25, 0.3) is 0 Å². The van der Waals surface area contributed by atoms with E-state index in [0.29, 0.717) is 12.1 Å². The fourth-order valence-electron chi connectivity index (χ4n) is 1.26. The van der Waals surface area contributed by atoms with Crippen LogP contribution in [0, 0.1) is 0 Å². The molecule has 1 rings (SSSR count). The molecule has 1 fully saturated rings. The third-order valence-corrected chi connectivity index (χ3v) is 1.85. The van der Waals surface area contributed by atoms with Crippen molar-refractivity contribution in [3.8, 4) is 0 Å². The number of hydrogen-bond donors (Lipinski definition) is 3. The Morgan fingerprint density at radius 2 is 1.83 bits per heavy atom.